The molecule has 0 bridgehead atoms. The lowest BCUT2D eigenvalue weighted by Crippen LogP contribution is -2.38. The molecule has 2 rings (SSSR count). The number of ether oxygens (including phenoxy) is 1. The Morgan fingerprint density at radius 1 is 1.27 bits per heavy atom. The zero-order chi connectivity index (χ0) is 10.7. The highest BCUT2D eigenvalue weighted by Crippen LogP contribution is 2.27. The van der Waals surface area contributed by atoms with E-state index in [4.69, 9.17) is 4.74 Å². The average Bonchev–Trinajstić information content (AvgIpc) is 2.99. The Labute approximate surface area is 93.8 Å². The first-order chi connectivity index (χ1) is 7.25. The summed E-state index contributed by atoms with van der Waals surface area (Å²) in [7, 11) is 0. The van der Waals surface area contributed by atoms with Crippen molar-refractivity contribution < 1.29 is 4.74 Å². The second kappa shape index (κ2) is 5.31. The van der Waals surface area contributed by atoms with Crippen LogP contribution in [0.2, 0.25) is 0 Å². The Hall–Kier alpha value is -0.0800. The van der Waals surface area contributed by atoms with E-state index in [2.05, 4.69) is 19.2 Å². The van der Waals surface area contributed by atoms with Crippen LogP contribution >= 0.6 is 0 Å². The van der Waals surface area contributed by atoms with Crippen LogP contribution in [0.15, 0.2) is 0 Å². The molecule has 2 aliphatic rings. The lowest BCUT2D eigenvalue weighted by molar-refractivity contribution is -0.0364. The van der Waals surface area contributed by atoms with Crippen LogP contribution in [0.25, 0.3) is 0 Å². The molecule has 0 radical (unpaired) electrons. The summed E-state index contributed by atoms with van der Waals surface area (Å²) in [5.41, 5.74) is 0. The predicted molar refractivity (Wildman–Crippen MR) is 62.9 cm³/mol. The predicted octanol–water partition coefficient (Wildman–Crippen LogP) is 2.58. The fourth-order valence-corrected chi connectivity index (χ4v) is 2.47. The molecule has 88 valence electrons. The van der Waals surface area contributed by atoms with Gasteiger partial charge in [0.25, 0.3) is 0 Å². The monoisotopic (exact) mass is 211 g/mol. The molecule has 1 heterocycles. The van der Waals surface area contributed by atoms with Crippen LogP contribution in [0.1, 0.15) is 46.0 Å². The highest BCUT2D eigenvalue weighted by atomic mass is 16.5. The van der Waals surface area contributed by atoms with E-state index in [-0.39, 0.29) is 0 Å². The molecule has 2 nitrogen and oxygen atoms in total. The molecule has 0 aromatic rings. The molecule has 15 heavy (non-hydrogen) atoms. The van der Waals surface area contributed by atoms with Crippen molar-refractivity contribution in [2.45, 2.75) is 58.1 Å². The standard InChI is InChI=1S/C13H25NO/c1-10(2)8-13-11(4-3-7-15-13)9-14-12-5-6-12/h10-14H,3-9H2,1-2H3. The second-order valence-electron chi connectivity index (χ2n) is 5.62. The minimum absolute atomic E-state index is 0.519. The van der Waals surface area contributed by atoms with Crippen molar-refractivity contribution in [3.63, 3.8) is 0 Å². The van der Waals surface area contributed by atoms with E-state index >= 15 is 0 Å². The Morgan fingerprint density at radius 3 is 2.73 bits per heavy atom. The van der Waals surface area contributed by atoms with Gasteiger partial charge in [0.05, 0.1) is 6.10 Å². The van der Waals surface area contributed by atoms with E-state index in [1.165, 1.54) is 38.6 Å². The molecule has 1 saturated carbocycles. The van der Waals surface area contributed by atoms with Gasteiger partial charge < -0.3 is 10.1 Å². The molecule has 0 amide bonds. The topological polar surface area (TPSA) is 21.3 Å². The Morgan fingerprint density at radius 2 is 2.07 bits per heavy atom. The highest BCUT2D eigenvalue weighted by Gasteiger charge is 2.28. The summed E-state index contributed by atoms with van der Waals surface area (Å²) in [6.07, 6.45) is 7.15. The van der Waals surface area contributed by atoms with Crippen molar-refractivity contribution in [1.82, 2.24) is 5.32 Å². The van der Waals surface area contributed by atoms with Crippen LogP contribution in [-0.4, -0.2) is 25.3 Å². The Balaban J connectivity index is 1.75. The van der Waals surface area contributed by atoms with Gasteiger partial charge in [-0.2, -0.15) is 0 Å². The molecule has 1 saturated heterocycles. The lowest BCUT2D eigenvalue weighted by atomic mass is 9.89. The van der Waals surface area contributed by atoms with E-state index in [1.54, 1.807) is 0 Å². The van der Waals surface area contributed by atoms with Crippen molar-refractivity contribution >= 4 is 0 Å². The summed E-state index contributed by atoms with van der Waals surface area (Å²) in [6.45, 7) is 6.76. The zero-order valence-electron chi connectivity index (χ0n) is 10.2. The van der Waals surface area contributed by atoms with Crippen molar-refractivity contribution in [2.24, 2.45) is 11.8 Å². The van der Waals surface area contributed by atoms with Crippen LogP contribution in [0, 0.1) is 11.8 Å². The van der Waals surface area contributed by atoms with Crippen LogP contribution in [0.3, 0.4) is 0 Å². The smallest absolute Gasteiger partial charge is 0.0617 e. The zero-order valence-corrected chi connectivity index (χ0v) is 10.2. The summed E-state index contributed by atoms with van der Waals surface area (Å²) in [5.74, 6) is 1.53. The van der Waals surface area contributed by atoms with Gasteiger partial charge in [-0.05, 0) is 43.9 Å². The summed E-state index contributed by atoms with van der Waals surface area (Å²) in [6, 6.07) is 0.839. The third-order valence-electron chi connectivity index (χ3n) is 3.53. The van der Waals surface area contributed by atoms with Crippen molar-refractivity contribution in [1.29, 1.82) is 0 Å². The van der Waals surface area contributed by atoms with Crippen molar-refractivity contribution in [3.8, 4) is 0 Å². The first-order valence-electron chi connectivity index (χ1n) is 6.60. The first kappa shape index (κ1) is 11.4. The van der Waals surface area contributed by atoms with Crippen LogP contribution in [-0.2, 0) is 4.74 Å². The SMILES string of the molecule is CC(C)CC1OCCCC1CNC1CC1. The first-order valence-corrected chi connectivity index (χ1v) is 6.60. The average molecular weight is 211 g/mol. The molecule has 1 N–H and O–H groups in total. The van der Waals surface area contributed by atoms with Crippen LogP contribution < -0.4 is 5.32 Å². The summed E-state index contributed by atoms with van der Waals surface area (Å²) in [4.78, 5) is 0. The fourth-order valence-electron chi connectivity index (χ4n) is 2.47. The van der Waals surface area contributed by atoms with E-state index in [1.807, 2.05) is 0 Å². The molecule has 2 unspecified atom stereocenters. The minimum Gasteiger partial charge on any atom is -0.378 e. The largest absolute Gasteiger partial charge is 0.378 e. The van der Waals surface area contributed by atoms with Gasteiger partial charge >= 0.3 is 0 Å². The summed E-state index contributed by atoms with van der Waals surface area (Å²) in [5, 5.41) is 3.65. The normalized spacial score (nSPS) is 32.2. The van der Waals surface area contributed by atoms with Gasteiger partial charge in [-0.1, -0.05) is 13.8 Å². The third kappa shape index (κ3) is 3.76. The molecule has 1 aliphatic carbocycles. The van der Waals surface area contributed by atoms with E-state index in [9.17, 15) is 0 Å². The quantitative estimate of drug-likeness (QED) is 0.754. The lowest BCUT2D eigenvalue weighted by Gasteiger charge is -2.33. The molecule has 0 aromatic carbocycles. The fraction of sp³-hybridized carbons (Fsp3) is 1.00. The molecule has 2 fully saturated rings. The number of nitrogens with one attached hydrogen (secondary N) is 1. The minimum atomic E-state index is 0.519. The summed E-state index contributed by atoms with van der Waals surface area (Å²) < 4.78 is 5.91. The van der Waals surface area contributed by atoms with Gasteiger partial charge in [0.2, 0.25) is 0 Å². The van der Waals surface area contributed by atoms with Crippen LogP contribution in [0.5, 0.6) is 0 Å². The number of hydrogen-bond donors (Lipinski definition) is 1. The molecular formula is C13H25NO. The molecule has 2 heteroatoms. The van der Waals surface area contributed by atoms with E-state index < -0.39 is 0 Å². The second-order valence-corrected chi connectivity index (χ2v) is 5.62. The molecule has 0 aromatic heterocycles. The van der Waals surface area contributed by atoms with E-state index in [0.717, 1.165) is 24.5 Å². The van der Waals surface area contributed by atoms with Gasteiger partial charge in [-0.25, -0.2) is 0 Å². The molecule has 2 atom stereocenters. The molecule has 1 aliphatic heterocycles. The van der Waals surface area contributed by atoms with Gasteiger partial charge in [-0.15, -0.1) is 0 Å². The maximum absolute atomic E-state index is 5.91. The van der Waals surface area contributed by atoms with Gasteiger partial charge in [0, 0.05) is 19.2 Å². The number of hydrogen-bond acceptors (Lipinski definition) is 2. The Kier molecular flexibility index (Phi) is 4.04. The van der Waals surface area contributed by atoms with Crippen molar-refractivity contribution in [3.05, 3.63) is 0 Å². The maximum atomic E-state index is 5.91. The van der Waals surface area contributed by atoms with E-state index in [0.29, 0.717) is 6.10 Å². The Bertz CT molecular complexity index is 189. The number of rotatable bonds is 5. The molecule has 0 spiro atoms. The van der Waals surface area contributed by atoms with Gasteiger partial charge in [0.1, 0.15) is 0 Å². The molecular weight excluding hydrogens is 186 g/mol. The van der Waals surface area contributed by atoms with Gasteiger partial charge in [0.15, 0.2) is 0 Å². The van der Waals surface area contributed by atoms with Crippen molar-refractivity contribution in [2.75, 3.05) is 13.2 Å². The van der Waals surface area contributed by atoms with Gasteiger partial charge in [-0.3, -0.25) is 0 Å². The highest BCUT2D eigenvalue weighted by molar-refractivity contribution is 4.84. The van der Waals surface area contributed by atoms with Crippen LogP contribution in [0.4, 0.5) is 0 Å². The maximum Gasteiger partial charge on any atom is 0.0617 e. The summed E-state index contributed by atoms with van der Waals surface area (Å²) >= 11 is 0. The third-order valence-corrected chi connectivity index (χ3v) is 3.53.